The van der Waals surface area contributed by atoms with Crippen LogP contribution in [0.1, 0.15) is 37.7 Å². The summed E-state index contributed by atoms with van der Waals surface area (Å²) in [5.74, 6) is 1.37. The summed E-state index contributed by atoms with van der Waals surface area (Å²) in [6, 6.07) is 12.8. The van der Waals surface area contributed by atoms with Crippen molar-refractivity contribution in [3.63, 3.8) is 0 Å². The summed E-state index contributed by atoms with van der Waals surface area (Å²) in [5.41, 5.74) is 1.44. The van der Waals surface area contributed by atoms with Gasteiger partial charge in [-0.25, -0.2) is 0 Å². The van der Waals surface area contributed by atoms with E-state index in [1.807, 2.05) is 0 Å². The number of nitriles is 1. The van der Waals surface area contributed by atoms with E-state index < -0.39 is 0 Å². The van der Waals surface area contributed by atoms with Gasteiger partial charge in [-0.05, 0) is 30.4 Å². The Kier molecular flexibility index (Phi) is 6.61. The first-order chi connectivity index (χ1) is 11.1. The number of carbonyl (C=O) groups excluding carboxylic acids is 1. The highest BCUT2D eigenvalue weighted by molar-refractivity contribution is 5.76. The molecule has 4 heteroatoms. The van der Waals surface area contributed by atoms with Crippen molar-refractivity contribution in [2.45, 2.75) is 32.1 Å². The van der Waals surface area contributed by atoms with Gasteiger partial charge in [-0.3, -0.25) is 4.79 Å². The van der Waals surface area contributed by atoms with Crippen molar-refractivity contribution in [3.05, 3.63) is 35.9 Å². The maximum Gasteiger partial charge on any atom is 0.223 e. The summed E-state index contributed by atoms with van der Waals surface area (Å²) in [6.07, 6.45) is 2.11. The molecule has 1 heterocycles. The largest absolute Gasteiger partial charge is 0.345 e. The first-order valence-electron chi connectivity index (χ1n) is 8.50. The Morgan fingerprint density at radius 1 is 1.39 bits per heavy atom. The second kappa shape index (κ2) is 8.69. The van der Waals surface area contributed by atoms with Crippen LogP contribution in [0.3, 0.4) is 0 Å². The Labute approximate surface area is 139 Å². The van der Waals surface area contributed by atoms with Gasteiger partial charge in [0.15, 0.2) is 0 Å². The van der Waals surface area contributed by atoms with Crippen LogP contribution in [0.15, 0.2) is 30.3 Å². The lowest BCUT2D eigenvalue weighted by Crippen LogP contribution is -2.40. The van der Waals surface area contributed by atoms with Gasteiger partial charge in [-0.1, -0.05) is 37.3 Å². The molecule has 1 aliphatic heterocycles. The van der Waals surface area contributed by atoms with E-state index in [0.29, 0.717) is 31.2 Å². The smallest absolute Gasteiger partial charge is 0.223 e. The summed E-state index contributed by atoms with van der Waals surface area (Å²) >= 11 is 0. The van der Waals surface area contributed by atoms with Crippen LogP contribution >= 0.6 is 0 Å². The van der Waals surface area contributed by atoms with Crippen molar-refractivity contribution in [3.8, 4) is 6.07 Å². The number of piperidine rings is 1. The van der Waals surface area contributed by atoms with Gasteiger partial charge >= 0.3 is 0 Å². The molecule has 0 aliphatic carbocycles. The molecule has 2 rings (SSSR count). The van der Waals surface area contributed by atoms with Crippen molar-refractivity contribution in [2.75, 3.05) is 33.2 Å². The van der Waals surface area contributed by atoms with Gasteiger partial charge in [-0.15, -0.1) is 0 Å². The van der Waals surface area contributed by atoms with E-state index >= 15 is 0 Å². The van der Waals surface area contributed by atoms with Gasteiger partial charge in [0.1, 0.15) is 0 Å². The van der Waals surface area contributed by atoms with Gasteiger partial charge in [0.25, 0.3) is 0 Å². The highest BCUT2D eigenvalue weighted by Gasteiger charge is 2.27. The molecule has 1 aromatic rings. The lowest BCUT2D eigenvalue weighted by Gasteiger charge is -2.37. The number of amides is 1. The highest BCUT2D eigenvalue weighted by Crippen LogP contribution is 2.32. The Morgan fingerprint density at radius 2 is 2.13 bits per heavy atom. The zero-order valence-electron chi connectivity index (χ0n) is 14.2. The van der Waals surface area contributed by atoms with E-state index in [0.717, 1.165) is 26.1 Å². The summed E-state index contributed by atoms with van der Waals surface area (Å²) in [4.78, 5) is 16.1. The number of rotatable bonds is 6. The molecule has 1 aromatic carbocycles. The van der Waals surface area contributed by atoms with Gasteiger partial charge in [0.2, 0.25) is 5.91 Å². The molecule has 0 radical (unpaired) electrons. The summed E-state index contributed by atoms with van der Waals surface area (Å²) < 4.78 is 0. The summed E-state index contributed by atoms with van der Waals surface area (Å²) in [6.45, 7) is 5.77. The van der Waals surface area contributed by atoms with E-state index in [1.165, 1.54) is 5.56 Å². The van der Waals surface area contributed by atoms with E-state index in [1.54, 1.807) is 11.9 Å². The Bertz CT molecular complexity index is 537. The van der Waals surface area contributed by atoms with E-state index in [2.05, 4.69) is 48.2 Å². The van der Waals surface area contributed by atoms with Crippen molar-refractivity contribution in [1.82, 2.24) is 9.80 Å². The first kappa shape index (κ1) is 17.5. The minimum atomic E-state index is 0.137. The minimum Gasteiger partial charge on any atom is -0.345 e. The molecule has 2 atom stereocenters. The summed E-state index contributed by atoms with van der Waals surface area (Å²) in [5, 5.41) is 8.58. The monoisotopic (exact) mass is 313 g/mol. The average molecular weight is 313 g/mol. The fraction of sp³-hybridized carbons (Fsp3) is 0.579. The highest BCUT2D eigenvalue weighted by atomic mass is 16.2. The fourth-order valence-electron chi connectivity index (χ4n) is 3.42. The quantitative estimate of drug-likeness (QED) is 0.811. The molecule has 0 unspecified atom stereocenters. The zero-order chi connectivity index (χ0) is 16.7. The number of carbonyl (C=O) groups is 1. The van der Waals surface area contributed by atoms with Crippen LogP contribution in [-0.2, 0) is 4.79 Å². The molecular formula is C19H27N3O. The molecule has 4 nitrogen and oxygen atoms in total. The molecule has 0 aromatic heterocycles. The molecule has 124 valence electrons. The fourth-order valence-corrected chi connectivity index (χ4v) is 3.42. The first-order valence-corrected chi connectivity index (χ1v) is 8.50. The molecule has 1 fully saturated rings. The SMILES string of the molecule is C[C@@H]1CN(CCC(=O)N(C)CCC#N)CC[C@@H]1c1ccccc1. The second-order valence-corrected chi connectivity index (χ2v) is 6.56. The van der Waals surface area contributed by atoms with Crippen LogP contribution in [0.4, 0.5) is 0 Å². The van der Waals surface area contributed by atoms with Crippen LogP contribution < -0.4 is 0 Å². The van der Waals surface area contributed by atoms with Crippen LogP contribution in [0, 0.1) is 17.2 Å². The third kappa shape index (κ3) is 5.07. The van der Waals surface area contributed by atoms with E-state index in [4.69, 9.17) is 5.26 Å². The Hall–Kier alpha value is -1.86. The van der Waals surface area contributed by atoms with Crippen molar-refractivity contribution < 1.29 is 4.79 Å². The molecule has 1 aliphatic rings. The maximum absolute atomic E-state index is 12.0. The lowest BCUT2D eigenvalue weighted by molar-refractivity contribution is -0.130. The third-order valence-electron chi connectivity index (χ3n) is 4.84. The molecule has 1 saturated heterocycles. The third-order valence-corrected chi connectivity index (χ3v) is 4.84. The number of hydrogen-bond donors (Lipinski definition) is 0. The molecule has 0 spiro atoms. The van der Waals surface area contributed by atoms with Gasteiger partial charge in [-0.2, -0.15) is 5.26 Å². The van der Waals surface area contributed by atoms with Crippen molar-refractivity contribution in [1.29, 1.82) is 5.26 Å². The normalized spacial score (nSPS) is 21.6. The van der Waals surface area contributed by atoms with Crippen molar-refractivity contribution >= 4 is 5.91 Å². The van der Waals surface area contributed by atoms with E-state index in [-0.39, 0.29) is 5.91 Å². The predicted octanol–water partition coefficient (Wildman–Crippen LogP) is 2.87. The topological polar surface area (TPSA) is 47.3 Å². The van der Waals surface area contributed by atoms with Crippen LogP contribution in [0.5, 0.6) is 0 Å². The van der Waals surface area contributed by atoms with Crippen LogP contribution in [0.2, 0.25) is 0 Å². The summed E-state index contributed by atoms with van der Waals surface area (Å²) in [7, 11) is 1.78. The average Bonchev–Trinajstić information content (AvgIpc) is 2.58. The van der Waals surface area contributed by atoms with Crippen LogP contribution in [-0.4, -0.2) is 48.9 Å². The number of hydrogen-bond acceptors (Lipinski definition) is 3. The van der Waals surface area contributed by atoms with Crippen molar-refractivity contribution in [2.24, 2.45) is 5.92 Å². The maximum atomic E-state index is 12.0. The Balaban J connectivity index is 1.77. The van der Waals surface area contributed by atoms with Crippen LogP contribution in [0.25, 0.3) is 0 Å². The van der Waals surface area contributed by atoms with Gasteiger partial charge in [0, 0.05) is 33.1 Å². The molecular weight excluding hydrogens is 286 g/mol. The molecule has 0 N–H and O–H groups in total. The lowest BCUT2D eigenvalue weighted by atomic mass is 9.81. The van der Waals surface area contributed by atoms with E-state index in [9.17, 15) is 4.79 Å². The number of likely N-dealkylation sites (tertiary alicyclic amines) is 1. The standard InChI is InChI=1S/C19H27N3O/c1-16-15-22(14-10-19(23)21(2)12-6-11-20)13-9-18(16)17-7-4-3-5-8-17/h3-5,7-8,16,18H,6,9-10,12-15H2,1-2H3/t16-,18+/m1/s1. The number of benzene rings is 1. The van der Waals surface area contributed by atoms with Gasteiger partial charge < -0.3 is 9.80 Å². The predicted molar refractivity (Wildman–Crippen MR) is 91.9 cm³/mol. The minimum absolute atomic E-state index is 0.137. The molecule has 0 saturated carbocycles. The second-order valence-electron chi connectivity index (χ2n) is 6.56. The zero-order valence-corrected chi connectivity index (χ0v) is 14.2. The van der Waals surface area contributed by atoms with Gasteiger partial charge in [0.05, 0.1) is 12.5 Å². The Morgan fingerprint density at radius 3 is 2.78 bits per heavy atom. The number of nitrogens with zero attached hydrogens (tertiary/aromatic N) is 3. The molecule has 23 heavy (non-hydrogen) atoms. The molecule has 0 bridgehead atoms. The molecule has 1 amide bonds.